The monoisotopic (exact) mass is 427 g/mol. The second-order valence-electron chi connectivity index (χ2n) is 7.16. The van der Waals surface area contributed by atoms with E-state index in [4.69, 9.17) is 0 Å². The fourth-order valence-electron chi connectivity index (χ4n) is 3.38. The molecular weight excluding hydrogens is 403 g/mol. The number of rotatable bonds is 5. The average molecular weight is 428 g/mol. The fraction of sp³-hybridized carbons (Fsp3) is 0.381. The lowest BCUT2D eigenvalue weighted by Gasteiger charge is -2.27. The van der Waals surface area contributed by atoms with Gasteiger partial charge in [-0.05, 0) is 50.1 Å². The Bertz CT molecular complexity index is 815. The van der Waals surface area contributed by atoms with E-state index in [9.17, 15) is 18.0 Å². The maximum Gasteiger partial charge on any atom is 0.416 e. The van der Waals surface area contributed by atoms with Crippen LogP contribution < -0.4 is 16.0 Å². The number of anilines is 2. The molecule has 3 N–H and O–H groups in total. The van der Waals surface area contributed by atoms with Gasteiger partial charge in [0.25, 0.3) is 0 Å². The summed E-state index contributed by atoms with van der Waals surface area (Å²) in [5, 5.41) is 9.12. The molecule has 1 aliphatic rings. The molecule has 0 aliphatic carbocycles. The highest BCUT2D eigenvalue weighted by Crippen LogP contribution is 2.34. The van der Waals surface area contributed by atoms with Crippen LogP contribution in [0.15, 0.2) is 48.5 Å². The fourth-order valence-corrected chi connectivity index (χ4v) is 3.38. The van der Waals surface area contributed by atoms with E-state index in [-0.39, 0.29) is 36.0 Å². The zero-order valence-electron chi connectivity index (χ0n) is 16.1. The molecule has 29 heavy (non-hydrogen) atoms. The zero-order chi connectivity index (χ0) is 20.1. The number of alkyl halides is 3. The van der Waals surface area contributed by atoms with E-state index in [1.807, 2.05) is 37.3 Å². The van der Waals surface area contributed by atoms with Gasteiger partial charge in [-0.15, -0.1) is 12.4 Å². The van der Waals surface area contributed by atoms with Crippen molar-refractivity contribution < 1.29 is 18.0 Å². The highest BCUT2D eigenvalue weighted by atomic mass is 35.5. The minimum atomic E-state index is -4.47. The summed E-state index contributed by atoms with van der Waals surface area (Å²) in [6.45, 7) is 3.16. The van der Waals surface area contributed by atoms with Crippen molar-refractivity contribution >= 4 is 29.7 Å². The highest BCUT2D eigenvalue weighted by molar-refractivity contribution is 5.96. The van der Waals surface area contributed by atoms with E-state index in [0.717, 1.165) is 24.2 Å². The van der Waals surface area contributed by atoms with Crippen LogP contribution in [-0.2, 0) is 17.5 Å². The summed E-state index contributed by atoms with van der Waals surface area (Å²) in [7, 11) is 0. The van der Waals surface area contributed by atoms with Crippen LogP contribution in [0.3, 0.4) is 0 Å². The molecule has 158 valence electrons. The van der Waals surface area contributed by atoms with E-state index < -0.39 is 11.7 Å². The molecule has 0 spiro atoms. The van der Waals surface area contributed by atoms with E-state index >= 15 is 0 Å². The highest BCUT2D eigenvalue weighted by Gasteiger charge is 2.32. The summed E-state index contributed by atoms with van der Waals surface area (Å²) in [4.78, 5) is 12.7. The molecule has 2 atom stereocenters. The minimum Gasteiger partial charge on any atom is -0.379 e. The lowest BCUT2D eigenvalue weighted by molar-refractivity contribution is -0.137. The number of hydrogen-bond donors (Lipinski definition) is 3. The number of halogens is 4. The molecule has 0 bridgehead atoms. The number of piperidine rings is 1. The van der Waals surface area contributed by atoms with E-state index in [1.165, 1.54) is 6.07 Å². The number of carbonyl (C=O) groups excluding carboxylic acids is 1. The SMILES string of the molecule is C[C@H]1C[C@@H](C(=O)Nc2cc(C(F)(F)F)ccc2NCc2ccccc2)CCN1.Cl. The molecule has 1 saturated heterocycles. The normalized spacial score (nSPS) is 19.2. The van der Waals surface area contributed by atoms with Crippen molar-refractivity contribution in [3.8, 4) is 0 Å². The Morgan fingerprint density at radius 3 is 2.52 bits per heavy atom. The number of hydrogen-bond acceptors (Lipinski definition) is 3. The van der Waals surface area contributed by atoms with Gasteiger partial charge < -0.3 is 16.0 Å². The first-order valence-corrected chi connectivity index (χ1v) is 9.36. The Labute approximate surface area is 174 Å². The lowest BCUT2D eigenvalue weighted by atomic mass is 9.92. The number of nitrogens with one attached hydrogen (secondary N) is 3. The topological polar surface area (TPSA) is 53.2 Å². The first-order valence-electron chi connectivity index (χ1n) is 9.36. The molecule has 3 rings (SSSR count). The number of benzene rings is 2. The van der Waals surface area contributed by atoms with Gasteiger partial charge in [0.15, 0.2) is 0 Å². The molecule has 1 fully saturated rings. The Balaban J connectivity index is 0.00000300. The van der Waals surface area contributed by atoms with Crippen LogP contribution >= 0.6 is 12.4 Å². The summed E-state index contributed by atoms with van der Waals surface area (Å²) in [6, 6.07) is 13.1. The Kier molecular flexibility index (Phi) is 7.93. The van der Waals surface area contributed by atoms with Gasteiger partial charge in [-0.2, -0.15) is 13.2 Å². The van der Waals surface area contributed by atoms with Crippen molar-refractivity contribution in [1.29, 1.82) is 0 Å². The summed E-state index contributed by atoms with van der Waals surface area (Å²) < 4.78 is 39.5. The molecule has 0 radical (unpaired) electrons. The smallest absolute Gasteiger partial charge is 0.379 e. The molecule has 4 nitrogen and oxygen atoms in total. The van der Waals surface area contributed by atoms with Gasteiger partial charge in [-0.1, -0.05) is 30.3 Å². The summed E-state index contributed by atoms with van der Waals surface area (Å²) in [5.41, 5.74) is 0.827. The zero-order valence-corrected chi connectivity index (χ0v) is 16.9. The Hall–Kier alpha value is -2.25. The van der Waals surface area contributed by atoms with Crippen LogP contribution in [0.5, 0.6) is 0 Å². The Morgan fingerprint density at radius 2 is 1.86 bits per heavy atom. The third-order valence-electron chi connectivity index (χ3n) is 4.93. The number of amides is 1. The molecule has 1 amide bonds. The van der Waals surface area contributed by atoms with Gasteiger partial charge in [0.1, 0.15) is 0 Å². The first kappa shape index (κ1) is 23.0. The van der Waals surface area contributed by atoms with E-state index in [1.54, 1.807) is 0 Å². The molecule has 0 aromatic heterocycles. The first-order chi connectivity index (χ1) is 13.3. The largest absolute Gasteiger partial charge is 0.416 e. The lowest BCUT2D eigenvalue weighted by Crippen LogP contribution is -2.40. The van der Waals surface area contributed by atoms with Crippen molar-refractivity contribution in [1.82, 2.24) is 5.32 Å². The molecule has 0 saturated carbocycles. The van der Waals surface area contributed by atoms with Gasteiger partial charge in [0.2, 0.25) is 5.91 Å². The van der Waals surface area contributed by atoms with E-state index in [0.29, 0.717) is 25.1 Å². The molecule has 8 heteroatoms. The van der Waals surface area contributed by atoms with E-state index in [2.05, 4.69) is 16.0 Å². The standard InChI is InChI=1S/C21H24F3N3O.ClH/c1-14-11-16(9-10-25-14)20(28)27-19-12-17(21(22,23)24)7-8-18(19)26-13-15-5-3-2-4-6-15;/h2-8,12,14,16,25-26H,9-11,13H2,1H3,(H,27,28);1H/t14-,16-;/m0./s1. The van der Waals surface area contributed by atoms with Crippen molar-refractivity contribution in [3.05, 3.63) is 59.7 Å². The second-order valence-corrected chi connectivity index (χ2v) is 7.16. The minimum absolute atomic E-state index is 0. The summed E-state index contributed by atoms with van der Waals surface area (Å²) in [6.07, 6.45) is -3.14. The third-order valence-corrected chi connectivity index (χ3v) is 4.93. The molecular formula is C21H25ClF3N3O. The van der Waals surface area contributed by atoms with Crippen LogP contribution in [0.1, 0.15) is 30.9 Å². The third kappa shape index (κ3) is 6.37. The quantitative estimate of drug-likeness (QED) is 0.624. The maximum absolute atomic E-state index is 13.2. The van der Waals surface area contributed by atoms with Crippen LogP contribution in [0.25, 0.3) is 0 Å². The molecule has 1 heterocycles. The van der Waals surface area contributed by atoms with Gasteiger partial charge in [-0.3, -0.25) is 4.79 Å². The van der Waals surface area contributed by atoms with Gasteiger partial charge in [-0.25, -0.2) is 0 Å². The van der Waals surface area contributed by atoms with Crippen molar-refractivity contribution in [2.45, 2.75) is 38.5 Å². The van der Waals surface area contributed by atoms with Crippen molar-refractivity contribution in [3.63, 3.8) is 0 Å². The molecule has 2 aromatic rings. The van der Waals surface area contributed by atoms with Gasteiger partial charge in [0.05, 0.1) is 16.9 Å². The molecule has 1 aliphatic heterocycles. The van der Waals surface area contributed by atoms with Crippen molar-refractivity contribution in [2.24, 2.45) is 5.92 Å². The summed E-state index contributed by atoms with van der Waals surface area (Å²) in [5.74, 6) is -0.455. The summed E-state index contributed by atoms with van der Waals surface area (Å²) >= 11 is 0. The molecule has 0 unspecified atom stereocenters. The predicted octanol–water partition coefficient (Wildman–Crippen LogP) is 5.07. The maximum atomic E-state index is 13.2. The van der Waals surface area contributed by atoms with Gasteiger partial charge >= 0.3 is 6.18 Å². The number of carbonyl (C=O) groups is 1. The Morgan fingerprint density at radius 1 is 1.14 bits per heavy atom. The average Bonchev–Trinajstić information content (AvgIpc) is 2.67. The van der Waals surface area contributed by atoms with Crippen LogP contribution in [0.4, 0.5) is 24.5 Å². The predicted molar refractivity (Wildman–Crippen MR) is 111 cm³/mol. The second kappa shape index (κ2) is 9.98. The van der Waals surface area contributed by atoms with Crippen LogP contribution in [0, 0.1) is 5.92 Å². The van der Waals surface area contributed by atoms with Gasteiger partial charge in [0, 0.05) is 18.5 Å². The molecule has 2 aromatic carbocycles. The van der Waals surface area contributed by atoms with Crippen LogP contribution in [0.2, 0.25) is 0 Å². The van der Waals surface area contributed by atoms with Crippen LogP contribution in [-0.4, -0.2) is 18.5 Å². The van der Waals surface area contributed by atoms with Crippen molar-refractivity contribution in [2.75, 3.05) is 17.2 Å².